The first-order valence-electron chi connectivity index (χ1n) is 23.1. The van der Waals surface area contributed by atoms with Crippen LogP contribution in [0.15, 0.2) is 72.8 Å². The van der Waals surface area contributed by atoms with Gasteiger partial charge in [-0.25, -0.2) is 0 Å². The SMILES string of the molecule is CO.COc1cc(/C=C/C2Nc3ccc(C(=O)NCCSSCCNC(=O)c4ccc5c(c4)C(C)(C)C4(/C=C/c6cc(OC)c(OC)c(OC)c6)OCCN54)cc3C(C)(C)CCO2)cc(OC)c1OC. The second-order valence-electron chi connectivity index (χ2n) is 17.6. The van der Waals surface area contributed by atoms with Crippen LogP contribution in [0, 0.1) is 0 Å². The first-order chi connectivity index (χ1) is 33.7. The molecule has 0 saturated carbocycles. The van der Waals surface area contributed by atoms with Crippen LogP contribution < -0.4 is 49.3 Å². The molecule has 0 bridgehead atoms. The number of ether oxygens (including phenoxy) is 8. The van der Waals surface area contributed by atoms with Crippen molar-refractivity contribution in [1.82, 2.24) is 10.6 Å². The Hall–Kier alpha value is -5.72. The molecule has 3 heterocycles. The summed E-state index contributed by atoms with van der Waals surface area (Å²) in [6.07, 6.45) is 8.40. The standard InChI is InChI=1S/C52H64N4O10S2.CH4O/c1-50(2)19-23-65-45(16-11-33-27-41(59-5)46(63-9)42(28-33)60-6)55-39-14-12-35(31-37(39)50)48(57)53-20-25-67-68-26-21-54-49(58)36-13-15-40-38(32-36)51(3,4)52(56(40)22-24-66-52)18-17-34-29-43(61-7)47(64-10)44(30-34)62-8;1-2/h11-18,27-32,45,55H,19-26H2,1-10H3,(H,53,57)(H,54,58);2H,1H3/b16-11+,18-17+;. The smallest absolute Gasteiger partial charge is 0.251 e. The molecule has 0 spiro atoms. The van der Waals surface area contributed by atoms with Crippen LogP contribution in [0.2, 0.25) is 0 Å². The molecule has 1 fully saturated rings. The number of methoxy groups -OCH3 is 6. The third kappa shape index (κ3) is 11.4. The van der Waals surface area contributed by atoms with Crippen LogP contribution in [0.1, 0.15) is 77.1 Å². The van der Waals surface area contributed by atoms with Gasteiger partial charge in [0.25, 0.3) is 11.8 Å². The Balaban J connectivity index is 0.00000397. The molecule has 7 rings (SSSR count). The molecule has 4 aromatic rings. The van der Waals surface area contributed by atoms with Crippen molar-refractivity contribution >= 4 is 56.9 Å². The number of nitrogens with zero attached hydrogens (tertiary/aromatic N) is 1. The molecular formula is C53H68N4O11S2. The molecule has 4 N–H and O–H groups in total. The van der Waals surface area contributed by atoms with Gasteiger partial charge in [0.15, 0.2) is 28.7 Å². The highest BCUT2D eigenvalue weighted by Crippen LogP contribution is 2.55. The zero-order valence-electron chi connectivity index (χ0n) is 42.1. The number of hydrogen-bond acceptors (Lipinski definition) is 15. The van der Waals surface area contributed by atoms with E-state index in [1.807, 2.05) is 78.9 Å². The van der Waals surface area contributed by atoms with Crippen LogP contribution in [0.5, 0.6) is 34.5 Å². The molecule has 2 atom stereocenters. The summed E-state index contributed by atoms with van der Waals surface area (Å²) in [4.78, 5) is 29.1. The van der Waals surface area contributed by atoms with Crippen LogP contribution in [0.4, 0.5) is 11.4 Å². The van der Waals surface area contributed by atoms with Crippen LogP contribution >= 0.6 is 21.6 Å². The molecule has 15 nitrogen and oxygen atoms in total. The molecule has 0 aromatic heterocycles. The van der Waals surface area contributed by atoms with Gasteiger partial charge in [-0.1, -0.05) is 61.4 Å². The zero-order chi connectivity index (χ0) is 50.6. The number of rotatable bonds is 19. The van der Waals surface area contributed by atoms with E-state index in [0.29, 0.717) is 83.4 Å². The topological polar surface area (TPSA) is 168 Å². The largest absolute Gasteiger partial charge is 0.493 e. The van der Waals surface area contributed by atoms with Gasteiger partial charge in [-0.15, -0.1) is 0 Å². The number of fused-ring (bicyclic) bond motifs is 4. The molecule has 17 heteroatoms. The minimum Gasteiger partial charge on any atom is -0.493 e. The van der Waals surface area contributed by atoms with E-state index < -0.39 is 17.4 Å². The van der Waals surface area contributed by atoms with Crippen molar-refractivity contribution < 1.29 is 52.6 Å². The van der Waals surface area contributed by atoms with Crippen molar-refractivity contribution in [2.24, 2.45) is 0 Å². The monoisotopic (exact) mass is 1000 g/mol. The third-order valence-corrected chi connectivity index (χ3v) is 15.3. The maximum absolute atomic E-state index is 13.4. The van der Waals surface area contributed by atoms with E-state index >= 15 is 0 Å². The van der Waals surface area contributed by atoms with Gasteiger partial charge in [0, 0.05) is 66.2 Å². The van der Waals surface area contributed by atoms with Crippen molar-refractivity contribution in [3.63, 3.8) is 0 Å². The second-order valence-corrected chi connectivity index (χ2v) is 20.4. The van der Waals surface area contributed by atoms with E-state index in [-0.39, 0.29) is 17.2 Å². The summed E-state index contributed by atoms with van der Waals surface area (Å²) >= 11 is 0. The average Bonchev–Trinajstić information content (AvgIpc) is 3.89. The number of hydrogen-bond donors (Lipinski definition) is 4. The number of nitrogens with one attached hydrogen (secondary N) is 3. The first kappa shape index (κ1) is 53.6. The van der Waals surface area contributed by atoms with Crippen molar-refractivity contribution in [2.75, 3.05) is 104 Å². The Morgan fingerprint density at radius 1 is 0.714 bits per heavy atom. The van der Waals surface area contributed by atoms with Crippen molar-refractivity contribution in [2.45, 2.75) is 56.9 Å². The van der Waals surface area contributed by atoms with Gasteiger partial charge in [-0.05, 0) is 107 Å². The van der Waals surface area contributed by atoms with E-state index in [4.69, 9.17) is 43.0 Å². The lowest BCUT2D eigenvalue weighted by Crippen LogP contribution is -2.51. The highest BCUT2D eigenvalue weighted by molar-refractivity contribution is 8.76. The van der Waals surface area contributed by atoms with Gasteiger partial charge in [-0.3, -0.25) is 9.59 Å². The normalized spacial score (nSPS) is 18.5. The number of benzene rings is 4. The van der Waals surface area contributed by atoms with E-state index in [1.165, 1.54) is 0 Å². The molecule has 2 amide bonds. The summed E-state index contributed by atoms with van der Waals surface area (Å²) in [5.74, 6) is 4.53. The van der Waals surface area contributed by atoms with Gasteiger partial charge < -0.3 is 63.9 Å². The fourth-order valence-corrected chi connectivity index (χ4v) is 10.9. The molecule has 4 aromatic carbocycles. The lowest BCUT2D eigenvalue weighted by molar-refractivity contribution is 0.000319. The highest BCUT2D eigenvalue weighted by atomic mass is 33.1. The summed E-state index contributed by atoms with van der Waals surface area (Å²) in [6, 6.07) is 19.3. The molecular weight excluding hydrogens is 933 g/mol. The van der Waals surface area contributed by atoms with Gasteiger partial charge >= 0.3 is 0 Å². The van der Waals surface area contributed by atoms with Crippen LogP contribution in [-0.4, -0.2) is 123 Å². The number of aliphatic hydroxyl groups is 1. The molecule has 0 radical (unpaired) electrons. The number of carbonyl (C=O) groups is 2. The fraction of sp³-hybridized carbons (Fsp3) is 0.434. The van der Waals surface area contributed by atoms with Gasteiger partial charge in [0.2, 0.25) is 11.5 Å². The Bertz CT molecular complexity index is 2480. The highest BCUT2D eigenvalue weighted by Gasteiger charge is 2.59. The average molecular weight is 1000 g/mol. The summed E-state index contributed by atoms with van der Waals surface area (Å²) in [7, 11) is 13.9. The first-order valence-corrected chi connectivity index (χ1v) is 25.5. The fourth-order valence-electron chi connectivity index (χ4n) is 9.09. The van der Waals surface area contributed by atoms with Crippen molar-refractivity contribution in [1.29, 1.82) is 0 Å². The third-order valence-electron chi connectivity index (χ3n) is 12.9. The van der Waals surface area contributed by atoms with Crippen LogP contribution in [0.25, 0.3) is 12.2 Å². The lowest BCUT2D eigenvalue weighted by Gasteiger charge is -2.39. The minimum atomic E-state index is -0.754. The van der Waals surface area contributed by atoms with E-state index in [1.54, 1.807) is 64.2 Å². The Morgan fingerprint density at radius 2 is 1.23 bits per heavy atom. The molecule has 1 saturated heterocycles. The zero-order valence-corrected chi connectivity index (χ0v) is 43.7. The molecule has 70 heavy (non-hydrogen) atoms. The van der Waals surface area contributed by atoms with Crippen LogP contribution in [0.3, 0.4) is 0 Å². The number of amides is 2. The number of aliphatic hydroxyl groups excluding tert-OH is 1. The van der Waals surface area contributed by atoms with Gasteiger partial charge in [0.05, 0.1) is 55.9 Å². The quantitative estimate of drug-likeness (QED) is 0.0521. The predicted octanol–water partition coefficient (Wildman–Crippen LogP) is 8.57. The molecule has 378 valence electrons. The maximum atomic E-state index is 13.4. The Labute approximate surface area is 420 Å². The maximum Gasteiger partial charge on any atom is 0.251 e. The van der Waals surface area contributed by atoms with E-state index in [2.05, 4.69) is 54.6 Å². The van der Waals surface area contributed by atoms with E-state index in [0.717, 1.165) is 53.7 Å². The Kier molecular flexibility index (Phi) is 18.3. The summed E-state index contributed by atoms with van der Waals surface area (Å²) in [6.45, 7) is 11.5. The van der Waals surface area contributed by atoms with Gasteiger partial charge in [-0.2, -0.15) is 0 Å². The van der Waals surface area contributed by atoms with Crippen molar-refractivity contribution in [3.8, 4) is 34.5 Å². The number of anilines is 2. The van der Waals surface area contributed by atoms with Crippen molar-refractivity contribution in [3.05, 3.63) is 106 Å². The predicted molar refractivity (Wildman–Crippen MR) is 281 cm³/mol. The molecule has 3 aliphatic rings. The summed E-state index contributed by atoms with van der Waals surface area (Å²) in [5, 5.41) is 16.7. The molecule has 0 aliphatic carbocycles. The van der Waals surface area contributed by atoms with Crippen LogP contribution in [-0.2, 0) is 20.3 Å². The summed E-state index contributed by atoms with van der Waals surface area (Å²) < 4.78 is 46.0. The molecule has 3 aliphatic heterocycles. The van der Waals surface area contributed by atoms with E-state index in [9.17, 15) is 9.59 Å². The lowest BCUT2D eigenvalue weighted by atomic mass is 9.77. The Morgan fingerprint density at radius 3 is 1.76 bits per heavy atom. The number of carbonyl (C=O) groups excluding carboxylic acids is 2. The minimum absolute atomic E-state index is 0.122. The van der Waals surface area contributed by atoms with Gasteiger partial charge in [0.1, 0.15) is 6.23 Å². The molecule has 2 unspecified atom stereocenters. The summed E-state index contributed by atoms with van der Waals surface area (Å²) in [5.41, 5.74) is 5.54. The second kappa shape index (κ2) is 23.9.